The summed E-state index contributed by atoms with van der Waals surface area (Å²) in [5, 5.41) is 10.9. The van der Waals surface area contributed by atoms with Gasteiger partial charge < -0.3 is 4.90 Å². The minimum atomic E-state index is -0.471. The molecule has 0 unspecified atom stereocenters. The summed E-state index contributed by atoms with van der Waals surface area (Å²) in [5.41, 5.74) is 1.02. The third-order valence-corrected chi connectivity index (χ3v) is 3.66. The van der Waals surface area contributed by atoms with Gasteiger partial charge in [0.05, 0.1) is 4.92 Å². The minimum Gasteiger partial charge on any atom is -0.331 e. The molecule has 0 spiro atoms. The SMILES string of the molecule is O=C1c2c(cccc2[N+](=O)[O-])CN1C1CCC1. The fraction of sp³-hybridized carbons (Fsp3) is 0.417. The van der Waals surface area contributed by atoms with Crippen LogP contribution in [-0.2, 0) is 6.54 Å². The predicted octanol–water partition coefficient (Wildman–Crippen LogP) is 2.10. The molecule has 0 atom stereocenters. The van der Waals surface area contributed by atoms with E-state index in [1.165, 1.54) is 6.07 Å². The van der Waals surface area contributed by atoms with E-state index in [1.807, 2.05) is 0 Å². The van der Waals surface area contributed by atoms with E-state index in [4.69, 9.17) is 0 Å². The van der Waals surface area contributed by atoms with Crippen molar-refractivity contribution in [3.63, 3.8) is 0 Å². The molecule has 0 N–H and O–H groups in total. The van der Waals surface area contributed by atoms with Crippen molar-refractivity contribution in [1.82, 2.24) is 4.90 Å². The number of carbonyl (C=O) groups excluding carboxylic acids is 1. The maximum Gasteiger partial charge on any atom is 0.282 e. The molecule has 1 fully saturated rings. The Hall–Kier alpha value is -1.91. The summed E-state index contributed by atoms with van der Waals surface area (Å²) in [6, 6.07) is 5.14. The van der Waals surface area contributed by atoms with Crippen molar-refractivity contribution < 1.29 is 9.72 Å². The van der Waals surface area contributed by atoms with Crippen LogP contribution in [0.1, 0.15) is 35.2 Å². The van der Waals surface area contributed by atoms with E-state index in [9.17, 15) is 14.9 Å². The van der Waals surface area contributed by atoms with Crippen LogP contribution >= 0.6 is 0 Å². The fourth-order valence-electron chi connectivity index (χ4n) is 2.51. The number of benzene rings is 1. The summed E-state index contributed by atoms with van der Waals surface area (Å²) in [5.74, 6) is -0.169. The highest BCUT2D eigenvalue weighted by atomic mass is 16.6. The van der Waals surface area contributed by atoms with E-state index < -0.39 is 4.92 Å². The second-order valence-corrected chi connectivity index (χ2v) is 4.59. The number of hydrogen-bond donors (Lipinski definition) is 0. The van der Waals surface area contributed by atoms with Crippen molar-refractivity contribution in [2.24, 2.45) is 0 Å². The first kappa shape index (κ1) is 10.3. The zero-order valence-corrected chi connectivity index (χ0v) is 9.26. The Morgan fingerprint density at radius 2 is 2.12 bits per heavy atom. The van der Waals surface area contributed by atoms with Gasteiger partial charge in [0.15, 0.2) is 0 Å². The Morgan fingerprint density at radius 1 is 1.35 bits per heavy atom. The van der Waals surface area contributed by atoms with E-state index in [-0.39, 0.29) is 17.6 Å². The number of rotatable bonds is 2. The van der Waals surface area contributed by atoms with Gasteiger partial charge in [0.1, 0.15) is 5.56 Å². The monoisotopic (exact) mass is 232 g/mol. The lowest BCUT2D eigenvalue weighted by atomic mass is 9.92. The van der Waals surface area contributed by atoms with Crippen molar-refractivity contribution in [1.29, 1.82) is 0 Å². The summed E-state index contributed by atoms with van der Waals surface area (Å²) in [4.78, 5) is 24.4. The number of amides is 1. The molecule has 2 aliphatic rings. The molecule has 17 heavy (non-hydrogen) atoms. The second kappa shape index (κ2) is 3.55. The van der Waals surface area contributed by atoms with Gasteiger partial charge in [-0.25, -0.2) is 0 Å². The van der Waals surface area contributed by atoms with Crippen LogP contribution in [0.2, 0.25) is 0 Å². The molecule has 0 radical (unpaired) electrons. The average Bonchev–Trinajstić information content (AvgIpc) is 2.54. The van der Waals surface area contributed by atoms with Crippen LogP contribution in [0.5, 0.6) is 0 Å². The van der Waals surface area contributed by atoms with Crippen LogP contribution in [0, 0.1) is 10.1 Å². The highest BCUT2D eigenvalue weighted by Gasteiger charge is 2.39. The standard InChI is InChI=1S/C12H12N2O3/c15-12-11-8(3-1-6-10(11)14(16)17)7-13(12)9-4-2-5-9/h1,3,6,9H,2,4-5,7H2. The van der Waals surface area contributed by atoms with E-state index in [0.717, 1.165) is 24.8 Å². The molecule has 1 saturated carbocycles. The highest BCUT2D eigenvalue weighted by molar-refractivity contribution is 6.02. The molecule has 88 valence electrons. The van der Waals surface area contributed by atoms with Crippen molar-refractivity contribution in [3.05, 3.63) is 39.4 Å². The van der Waals surface area contributed by atoms with Crippen molar-refractivity contribution >= 4 is 11.6 Å². The molecule has 0 saturated heterocycles. The number of nitrogens with zero attached hydrogens (tertiary/aromatic N) is 2. The Kier molecular flexibility index (Phi) is 2.14. The van der Waals surface area contributed by atoms with Crippen molar-refractivity contribution in [3.8, 4) is 0 Å². The van der Waals surface area contributed by atoms with Gasteiger partial charge in [-0.3, -0.25) is 14.9 Å². The summed E-state index contributed by atoms with van der Waals surface area (Å²) in [7, 11) is 0. The summed E-state index contributed by atoms with van der Waals surface area (Å²) in [6.45, 7) is 0.528. The molecule has 1 aromatic rings. The zero-order valence-electron chi connectivity index (χ0n) is 9.26. The van der Waals surface area contributed by atoms with Crippen LogP contribution in [0.25, 0.3) is 0 Å². The molecule has 0 aromatic heterocycles. The first-order chi connectivity index (χ1) is 8.18. The molecule has 5 nitrogen and oxygen atoms in total. The van der Waals surface area contributed by atoms with Gasteiger partial charge in [-0.1, -0.05) is 12.1 Å². The van der Waals surface area contributed by atoms with Gasteiger partial charge in [-0.15, -0.1) is 0 Å². The van der Waals surface area contributed by atoms with Gasteiger partial charge in [0, 0.05) is 18.7 Å². The van der Waals surface area contributed by atoms with Gasteiger partial charge in [-0.05, 0) is 24.8 Å². The normalized spacial score (nSPS) is 19.1. The van der Waals surface area contributed by atoms with E-state index >= 15 is 0 Å². The summed E-state index contributed by atoms with van der Waals surface area (Å²) in [6.07, 6.45) is 3.19. The Balaban J connectivity index is 2.01. The number of fused-ring (bicyclic) bond motifs is 1. The van der Waals surface area contributed by atoms with Gasteiger partial charge in [-0.2, -0.15) is 0 Å². The Morgan fingerprint density at radius 3 is 2.71 bits per heavy atom. The maximum absolute atomic E-state index is 12.2. The van der Waals surface area contributed by atoms with Crippen LogP contribution in [0.3, 0.4) is 0 Å². The highest BCUT2D eigenvalue weighted by Crippen LogP contribution is 2.36. The maximum atomic E-state index is 12.2. The van der Waals surface area contributed by atoms with E-state index in [1.54, 1.807) is 17.0 Å². The zero-order chi connectivity index (χ0) is 12.0. The van der Waals surface area contributed by atoms with Crippen LogP contribution in [-0.4, -0.2) is 21.8 Å². The van der Waals surface area contributed by atoms with Gasteiger partial charge in [0.2, 0.25) is 0 Å². The Labute approximate surface area is 98.2 Å². The van der Waals surface area contributed by atoms with E-state index in [0.29, 0.717) is 12.1 Å². The van der Waals surface area contributed by atoms with Crippen molar-refractivity contribution in [2.45, 2.75) is 31.8 Å². The summed E-state index contributed by atoms with van der Waals surface area (Å²) < 4.78 is 0. The number of carbonyl (C=O) groups is 1. The fourth-order valence-corrected chi connectivity index (χ4v) is 2.51. The molecule has 1 aromatic carbocycles. The van der Waals surface area contributed by atoms with Crippen LogP contribution in [0.4, 0.5) is 5.69 Å². The molecular weight excluding hydrogens is 220 g/mol. The number of nitro groups is 1. The molecule has 1 aliphatic carbocycles. The smallest absolute Gasteiger partial charge is 0.282 e. The topological polar surface area (TPSA) is 63.4 Å². The third-order valence-electron chi connectivity index (χ3n) is 3.66. The molecule has 3 rings (SSSR count). The number of nitro benzene ring substituents is 1. The Bertz CT molecular complexity index is 508. The molecular formula is C12H12N2O3. The van der Waals surface area contributed by atoms with Crippen LogP contribution in [0.15, 0.2) is 18.2 Å². The summed E-state index contributed by atoms with van der Waals surface area (Å²) >= 11 is 0. The average molecular weight is 232 g/mol. The number of hydrogen-bond acceptors (Lipinski definition) is 3. The van der Waals surface area contributed by atoms with Gasteiger partial charge >= 0.3 is 0 Å². The lowest BCUT2D eigenvalue weighted by molar-refractivity contribution is -0.385. The quantitative estimate of drug-likeness (QED) is 0.579. The third kappa shape index (κ3) is 1.42. The minimum absolute atomic E-state index is 0.0608. The molecule has 5 heteroatoms. The van der Waals surface area contributed by atoms with Crippen molar-refractivity contribution in [2.75, 3.05) is 0 Å². The molecule has 1 aliphatic heterocycles. The van der Waals surface area contributed by atoms with E-state index in [2.05, 4.69) is 0 Å². The lowest BCUT2D eigenvalue weighted by Gasteiger charge is -2.34. The lowest BCUT2D eigenvalue weighted by Crippen LogP contribution is -2.40. The first-order valence-corrected chi connectivity index (χ1v) is 5.75. The van der Waals surface area contributed by atoms with Gasteiger partial charge in [0.25, 0.3) is 11.6 Å². The first-order valence-electron chi connectivity index (χ1n) is 5.75. The predicted molar refractivity (Wildman–Crippen MR) is 60.6 cm³/mol. The molecule has 1 heterocycles. The second-order valence-electron chi connectivity index (χ2n) is 4.59. The molecule has 0 bridgehead atoms. The largest absolute Gasteiger partial charge is 0.331 e. The van der Waals surface area contributed by atoms with Crippen LogP contribution < -0.4 is 0 Å². The molecule has 1 amide bonds.